The molecule has 0 aliphatic heterocycles. The van der Waals surface area contributed by atoms with E-state index in [0.29, 0.717) is 10.9 Å². The van der Waals surface area contributed by atoms with Crippen LogP contribution in [0.2, 0.25) is 0 Å². The van der Waals surface area contributed by atoms with E-state index >= 15 is 0 Å². The monoisotopic (exact) mass is 222 g/mol. The van der Waals surface area contributed by atoms with Gasteiger partial charge in [0.25, 0.3) is 0 Å². The third-order valence-electron chi connectivity index (χ3n) is 0.999. The molecule has 3 nitrogen and oxygen atoms in total. The van der Waals surface area contributed by atoms with Crippen LogP contribution >= 0.6 is 11.8 Å². The lowest BCUT2D eigenvalue weighted by atomic mass is 10.8. The van der Waals surface area contributed by atoms with Crippen LogP contribution < -0.4 is 0 Å². The van der Waals surface area contributed by atoms with Gasteiger partial charge in [-0.25, -0.2) is 4.79 Å². The number of carbonyl (C=O) groups excluding carboxylic acids is 1. The van der Waals surface area contributed by atoms with Crippen LogP contribution in [0.15, 0.2) is 5.16 Å². The van der Waals surface area contributed by atoms with Crippen molar-refractivity contribution >= 4 is 33.7 Å². The average molecular weight is 222 g/mol. The molecule has 0 atom stereocenters. The van der Waals surface area contributed by atoms with E-state index in [1.807, 2.05) is 0 Å². The molecule has 0 rings (SSSR count). The Labute approximate surface area is 86.6 Å². The zero-order chi connectivity index (χ0) is 10.3. The van der Waals surface area contributed by atoms with Crippen molar-refractivity contribution in [2.45, 2.75) is 13.8 Å². The van der Waals surface area contributed by atoms with Crippen LogP contribution in [0.1, 0.15) is 13.8 Å². The van der Waals surface area contributed by atoms with E-state index in [4.69, 9.17) is 0 Å². The fraction of sp³-hybridized carbons (Fsp3) is 0.750. The van der Waals surface area contributed by atoms with Crippen molar-refractivity contribution in [3.8, 4) is 0 Å². The summed E-state index contributed by atoms with van der Waals surface area (Å²) < 4.78 is 0. The molecule has 0 fully saturated rings. The Hall–Kier alpha value is -0.160. The Bertz CT molecular complexity index is 193. The number of hydrogen-bond donors (Lipinski definition) is 0. The molecule has 0 aromatic heterocycles. The summed E-state index contributed by atoms with van der Waals surface area (Å²) in [6, 6.07) is 0. The van der Waals surface area contributed by atoms with E-state index in [1.54, 1.807) is 11.8 Å². The van der Waals surface area contributed by atoms with Crippen LogP contribution in [-0.4, -0.2) is 35.0 Å². The number of oxime groups is 1. The molecule has 13 heavy (non-hydrogen) atoms. The molecule has 0 aliphatic carbocycles. The van der Waals surface area contributed by atoms with E-state index < -0.39 is 0 Å². The van der Waals surface area contributed by atoms with Crippen molar-refractivity contribution in [1.29, 1.82) is 0 Å². The molecule has 0 aromatic rings. The van der Waals surface area contributed by atoms with Gasteiger partial charge in [0.2, 0.25) is 0 Å². The maximum atomic E-state index is 10.5. The fourth-order valence-corrected chi connectivity index (χ4v) is 2.63. The SMILES string of the molecule is CCSC(C[S+](C)C)=NOC(C)=O. The summed E-state index contributed by atoms with van der Waals surface area (Å²) in [7, 11) is 0.295. The fourth-order valence-electron chi connectivity index (χ4n) is 0.623. The van der Waals surface area contributed by atoms with Gasteiger partial charge in [0, 0.05) is 6.92 Å². The molecule has 0 N–H and O–H groups in total. The molecule has 0 heterocycles. The first-order chi connectivity index (χ1) is 6.06. The average Bonchev–Trinajstić information content (AvgIpc) is 1.99. The normalized spacial score (nSPS) is 11.9. The van der Waals surface area contributed by atoms with Gasteiger partial charge in [-0.15, -0.1) is 11.8 Å². The lowest BCUT2D eigenvalue weighted by Crippen LogP contribution is -2.12. The first-order valence-corrected chi connectivity index (χ1v) is 7.17. The van der Waals surface area contributed by atoms with Gasteiger partial charge >= 0.3 is 5.97 Å². The summed E-state index contributed by atoms with van der Waals surface area (Å²) in [6.07, 6.45) is 4.28. The van der Waals surface area contributed by atoms with Crippen molar-refractivity contribution in [1.82, 2.24) is 0 Å². The molecular weight excluding hydrogens is 206 g/mol. The minimum absolute atomic E-state index is 0.295. The molecule has 0 aliphatic rings. The molecule has 76 valence electrons. The summed E-state index contributed by atoms with van der Waals surface area (Å²) in [4.78, 5) is 15.1. The van der Waals surface area contributed by atoms with Crippen LogP contribution in [0.3, 0.4) is 0 Å². The predicted octanol–water partition coefficient (Wildman–Crippen LogP) is 1.49. The predicted molar refractivity (Wildman–Crippen MR) is 61.4 cm³/mol. The zero-order valence-corrected chi connectivity index (χ0v) is 10.1. The Kier molecular flexibility index (Phi) is 7.17. The number of nitrogens with zero attached hydrogens (tertiary/aromatic N) is 1. The van der Waals surface area contributed by atoms with Gasteiger partial charge in [-0.2, -0.15) is 0 Å². The Morgan fingerprint density at radius 2 is 2.15 bits per heavy atom. The minimum atomic E-state index is -0.360. The molecule has 0 radical (unpaired) electrons. The van der Waals surface area contributed by atoms with Crippen LogP contribution in [0, 0.1) is 0 Å². The van der Waals surface area contributed by atoms with Gasteiger partial charge < -0.3 is 4.84 Å². The van der Waals surface area contributed by atoms with Gasteiger partial charge in [0.1, 0.15) is 0 Å². The number of carbonyl (C=O) groups is 1. The van der Waals surface area contributed by atoms with Crippen molar-refractivity contribution in [2.75, 3.05) is 24.0 Å². The second-order valence-corrected chi connectivity index (χ2v) is 6.23. The van der Waals surface area contributed by atoms with Crippen LogP contribution in [0.25, 0.3) is 0 Å². The topological polar surface area (TPSA) is 38.7 Å². The van der Waals surface area contributed by atoms with Crippen LogP contribution in [-0.2, 0) is 20.5 Å². The Balaban J connectivity index is 4.05. The minimum Gasteiger partial charge on any atom is -0.318 e. The first kappa shape index (κ1) is 12.8. The first-order valence-electron chi connectivity index (χ1n) is 3.97. The van der Waals surface area contributed by atoms with E-state index in [0.717, 1.165) is 16.5 Å². The van der Waals surface area contributed by atoms with Gasteiger partial charge in [-0.3, -0.25) is 0 Å². The number of thioether (sulfide) groups is 1. The maximum absolute atomic E-state index is 10.5. The summed E-state index contributed by atoms with van der Waals surface area (Å²) in [6.45, 7) is 3.41. The second kappa shape index (κ2) is 7.26. The molecule has 5 heteroatoms. The van der Waals surface area contributed by atoms with E-state index in [-0.39, 0.29) is 5.97 Å². The number of rotatable bonds is 4. The van der Waals surface area contributed by atoms with Crippen molar-refractivity contribution in [3.63, 3.8) is 0 Å². The lowest BCUT2D eigenvalue weighted by Gasteiger charge is -2.00. The standard InChI is InChI=1S/C8H16NO2S2/c1-5-12-8(6-13(3)4)9-11-7(2)10/h5-6H2,1-4H3/q+1. The summed E-state index contributed by atoms with van der Waals surface area (Å²) in [5, 5.41) is 4.70. The zero-order valence-electron chi connectivity index (χ0n) is 8.49. The summed E-state index contributed by atoms with van der Waals surface area (Å²) in [5.41, 5.74) is 0. The van der Waals surface area contributed by atoms with Crippen LogP contribution in [0.5, 0.6) is 0 Å². The quantitative estimate of drug-likeness (QED) is 0.238. The molecule has 0 unspecified atom stereocenters. The lowest BCUT2D eigenvalue weighted by molar-refractivity contribution is -0.140. The highest BCUT2D eigenvalue weighted by Crippen LogP contribution is 2.06. The molecule has 0 saturated heterocycles. The Morgan fingerprint density at radius 1 is 1.54 bits per heavy atom. The maximum Gasteiger partial charge on any atom is 0.332 e. The van der Waals surface area contributed by atoms with Gasteiger partial charge in [-0.1, -0.05) is 12.1 Å². The van der Waals surface area contributed by atoms with Gasteiger partial charge in [-0.05, 0) is 16.6 Å². The van der Waals surface area contributed by atoms with Gasteiger partial charge in [0.05, 0.1) is 12.5 Å². The molecule has 0 aromatic carbocycles. The summed E-state index contributed by atoms with van der Waals surface area (Å²) >= 11 is 1.63. The van der Waals surface area contributed by atoms with E-state index in [9.17, 15) is 4.79 Å². The molecule has 0 spiro atoms. The van der Waals surface area contributed by atoms with Gasteiger partial charge in [0.15, 0.2) is 10.8 Å². The number of hydrogen-bond acceptors (Lipinski definition) is 4. The molecule has 0 amide bonds. The second-order valence-electron chi connectivity index (χ2n) is 2.63. The van der Waals surface area contributed by atoms with E-state index in [1.165, 1.54) is 6.92 Å². The smallest absolute Gasteiger partial charge is 0.318 e. The highest BCUT2D eigenvalue weighted by atomic mass is 32.2. The van der Waals surface area contributed by atoms with Crippen LogP contribution in [0.4, 0.5) is 0 Å². The van der Waals surface area contributed by atoms with Crippen molar-refractivity contribution in [3.05, 3.63) is 0 Å². The molecule has 0 saturated carbocycles. The van der Waals surface area contributed by atoms with Crippen molar-refractivity contribution in [2.24, 2.45) is 5.16 Å². The highest BCUT2D eigenvalue weighted by molar-refractivity contribution is 8.15. The van der Waals surface area contributed by atoms with E-state index in [2.05, 4.69) is 29.4 Å². The highest BCUT2D eigenvalue weighted by Gasteiger charge is 2.10. The third kappa shape index (κ3) is 8.18. The Morgan fingerprint density at radius 3 is 2.54 bits per heavy atom. The third-order valence-corrected chi connectivity index (χ3v) is 2.87. The molecule has 0 bridgehead atoms. The molecular formula is C8H16NO2S2+. The summed E-state index contributed by atoms with van der Waals surface area (Å²) in [5.74, 6) is 1.49. The largest absolute Gasteiger partial charge is 0.332 e. The van der Waals surface area contributed by atoms with Crippen molar-refractivity contribution < 1.29 is 9.63 Å².